The summed E-state index contributed by atoms with van der Waals surface area (Å²) in [5.74, 6) is 0.491. The Kier molecular flexibility index (Phi) is 5.75. The van der Waals surface area contributed by atoms with Crippen molar-refractivity contribution in [2.75, 3.05) is 16.8 Å². The van der Waals surface area contributed by atoms with Crippen molar-refractivity contribution in [3.63, 3.8) is 0 Å². The number of rotatable bonds is 8. The van der Waals surface area contributed by atoms with Crippen LogP contribution in [0.4, 0.5) is 11.5 Å². The van der Waals surface area contributed by atoms with Crippen LogP contribution in [0, 0.1) is 0 Å². The van der Waals surface area contributed by atoms with Crippen LogP contribution < -0.4 is 15.5 Å². The molecule has 4 aromatic rings. The van der Waals surface area contributed by atoms with Gasteiger partial charge in [-0.05, 0) is 56.2 Å². The standard InChI is InChI=1S/C25H27N7O2/c1-3-32(15(2)33)18-9-10-19-22(13-18)30-24(23(19)25(34)29-16-7-8-16)26-14-17-5-4-6-20(28-17)21-11-12-27-31-21/h4-6,9-13,16,26,30H,3,7-8,14H2,1-2H3,(H,27,31)(H,29,34). The lowest BCUT2D eigenvalue weighted by molar-refractivity contribution is -0.116. The average Bonchev–Trinajstić information content (AvgIpc) is 3.33. The van der Waals surface area contributed by atoms with Crippen LogP contribution in [0.5, 0.6) is 0 Å². The second-order valence-corrected chi connectivity index (χ2v) is 8.44. The molecule has 0 spiro atoms. The van der Waals surface area contributed by atoms with Crippen molar-refractivity contribution in [1.82, 2.24) is 25.5 Å². The first kappa shape index (κ1) is 21.7. The monoisotopic (exact) mass is 457 g/mol. The Labute approximate surface area is 197 Å². The normalized spacial score (nSPS) is 13.1. The number of carbonyl (C=O) groups is 2. The van der Waals surface area contributed by atoms with Crippen molar-refractivity contribution in [1.29, 1.82) is 0 Å². The first-order chi connectivity index (χ1) is 16.5. The van der Waals surface area contributed by atoms with Gasteiger partial charge in [0.25, 0.3) is 5.91 Å². The molecule has 3 aromatic heterocycles. The fourth-order valence-corrected chi connectivity index (χ4v) is 4.10. The Bertz CT molecular complexity index is 1340. The molecule has 0 aliphatic heterocycles. The summed E-state index contributed by atoms with van der Waals surface area (Å²) < 4.78 is 0. The number of nitrogens with one attached hydrogen (secondary N) is 4. The van der Waals surface area contributed by atoms with Gasteiger partial charge in [-0.25, -0.2) is 4.98 Å². The predicted octanol–water partition coefficient (Wildman–Crippen LogP) is 3.83. The van der Waals surface area contributed by atoms with Gasteiger partial charge in [0.2, 0.25) is 5.91 Å². The molecular weight excluding hydrogens is 430 g/mol. The van der Waals surface area contributed by atoms with Crippen molar-refractivity contribution in [2.45, 2.75) is 39.3 Å². The van der Waals surface area contributed by atoms with E-state index in [0.29, 0.717) is 24.5 Å². The lowest BCUT2D eigenvalue weighted by atomic mass is 10.1. The lowest BCUT2D eigenvalue weighted by Crippen LogP contribution is -2.27. The third-order valence-corrected chi connectivity index (χ3v) is 5.95. The van der Waals surface area contributed by atoms with Gasteiger partial charge in [0.1, 0.15) is 11.5 Å². The maximum atomic E-state index is 13.1. The number of hydrogen-bond acceptors (Lipinski definition) is 5. The molecule has 3 heterocycles. The van der Waals surface area contributed by atoms with Gasteiger partial charge in [-0.15, -0.1) is 0 Å². The van der Waals surface area contributed by atoms with Crippen LogP contribution in [0.2, 0.25) is 0 Å². The lowest BCUT2D eigenvalue weighted by Gasteiger charge is -2.18. The van der Waals surface area contributed by atoms with E-state index in [2.05, 4.69) is 30.8 Å². The minimum Gasteiger partial charge on any atom is -0.365 e. The Hall–Kier alpha value is -4.14. The van der Waals surface area contributed by atoms with Gasteiger partial charge in [0.15, 0.2) is 0 Å². The van der Waals surface area contributed by atoms with Gasteiger partial charge in [-0.1, -0.05) is 6.07 Å². The number of aromatic nitrogens is 4. The Morgan fingerprint density at radius 2 is 2.00 bits per heavy atom. The van der Waals surface area contributed by atoms with Crippen LogP contribution in [-0.2, 0) is 11.3 Å². The van der Waals surface area contributed by atoms with Crippen LogP contribution in [0.1, 0.15) is 42.7 Å². The van der Waals surface area contributed by atoms with Crippen molar-refractivity contribution in [3.05, 3.63) is 59.9 Å². The minimum absolute atomic E-state index is 0.0266. The molecule has 34 heavy (non-hydrogen) atoms. The molecule has 174 valence electrons. The van der Waals surface area contributed by atoms with E-state index < -0.39 is 0 Å². The van der Waals surface area contributed by atoms with Crippen LogP contribution in [0.25, 0.3) is 22.3 Å². The zero-order valence-electron chi connectivity index (χ0n) is 19.2. The molecule has 0 bridgehead atoms. The number of fused-ring (bicyclic) bond motifs is 1. The molecule has 1 aliphatic carbocycles. The second-order valence-electron chi connectivity index (χ2n) is 8.44. The molecule has 0 radical (unpaired) electrons. The summed E-state index contributed by atoms with van der Waals surface area (Å²) in [5, 5.41) is 14.3. The zero-order chi connectivity index (χ0) is 23.7. The van der Waals surface area contributed by atoms with Gasteiger partial charge in [-0.3, -0.25) is 14.7 Å². The molecule has 1 aromatic carbocycles. The third kappa shape index (κ3) is 4.36. The maximum absolute atomic E-state index is 13.1. The van der Waals surface area contributed by atoms with E-state index in [-0.39, 0.29) is 17.9 Å². The number of anilines is 2. The quantitative estimate of drug-likeness (QED) is 0.321. The second kappa shape index (κ2) is 9.01. The average molecular weight is 458 g/mol. The summed E-state index contributed by atoms with van der Waals surface area (Å²) in [6.45, 7) is 4.48. The van der Waals surface area contributed by atoms with Crippen LogP contribution in [0.3, 0.4) is 0 Å². The molecule has 2 amide bonds. The summed E-state index contributed by atoms with van der Waals surface area (Å²) in [6, 6.07) is 13.6. The van der Waals surface area contributed by atoms with Crippen LogP contribution in [-0.4, -0.2) is 44.6 Å². The van der Waals surface area contributed by atoms with E-state index in [9.17, 15) is 9.59 Å². The van der Waals surface area contributed by atoms with Crippen molar-refractivity contribution in [3.8, 4) is 11.4 Å². The van der Waals surface area contributed by atoms with E-state index in [1.54, 1.807) is 18.0 Å². The van der Waals surface area contributed by atoms with E-state index in [1.807, 2.05) is 49.4 Å². The molecule has 0 atom stereocenters. The van der Waals surface area contributed by atoms with E-state index in [4.69, 9.17) is 0 Å². The first-order valence-corrected chi connectivity index (χ1v) is 11.5. The predicted molar refractivity (Wildman–Crippen MR) is 132 cm³/mol. The highest BCUT2D eigenvalue weighted by molar-refractivity contribution is 6.12. The summed E-state index contributed by atoms with van der Waals surface area (Å²) in [5.41, 5.74) is 4.52. The van der Waals surface area contributed by atoms with Gasteiger partial charge >= 0.3 is 0 Å². The number of pyridine rings is 1. The highest BCUT2D eigenvalue weighted by Crippen LogP contribution is 2.31. The molecule has 1 saturated carbocycles. The number of carbonyl (C=O) groups excluding carboxylic acids is 2. The molecule has 0 saturated heterocycles. The van der Waals surface area contributed by atoms with Crippen LogP contribution in [0.15, 0.2) is 48.7 Å². The maximum Gasteiger partial charge on any atom is 0.255 e. The fourth-order valence-electron chi connectivity index (χ4n) is 4.10. The Morgan fingerprint density at radius 3 is 2.71 bits per heavy atom. The fraction of sp³-hybridized carbons (Fsp3) is 0.280. The van der Waals surface area contributed by atoms with Gasteiger partial charge in [0, 0.05) is 42.3 Å². The smallest absolute Gasteiger partial charge is 0.255 e. The topological polar surface area (TPSA) is 119 Å². The molecule has 1 fully saturated rings. The van der Waals surface area contributed by atoms with Crippen LogP contribution >= 0.6 is 0 Å². The van der Waals surface area contributed by atoms with E-state index >= 15 is 0 Å². The third-order valence-electron chi connectivity index (χ3n) is 5.95. The highest BCUT2D eigenvalue weighted by atomic mass is 16.2. The highest BCUT2D eigenvalue weighted by Gasteiger charge is 2.27. The zero-order valence-corrected chi connectivity index (χ0v) is 19.2. The number of amides is 2. The Morgan fingerprint density at radius 1 is 1.15 bits per heavy atom. The molecule has 9 heteroatoms. The summed E-state index contributed by atoms with van der Waals surface area (Å²) in [7, 11) is 0. The largest absolute Gasteiger partial charge is 0.365 e. The summed E-state index contributed by atoms with van der Waals surface area (Å²) in [6.07, 6.45) is 3.78. The molecule has 4 N–H and O–H groups in total. The van der Waals surface area contributed by atoms with E-state index in [0.717, 1.165) is 46.5 Å². The van der Waals surface area contributed by atoms with Crippen molar-refractivity contribution in [2.24, 2.45) is 0 Å². The summed E-state index contributed by atoms with van der Waals surface area (Å²) in [4.78, 5) is 34.9. The van der Waals surface area contributed by atoms with Gasteiger partial charge in [-0.2, -0.15) is 5.10 Å². The number of benzene rings is 1. The molecule has 0 unspecified atom stereocenters. The van der Waals surface area contributed by atoms with Gasteiger partial charge < -0.3 is 20.5 Å². The molecule has 1 aliphatic rings. The van der Waals surface area contributed by atoms with Crippen molar-refractivity contribution >= 4 is 34.2 Å². The Balaban J connectivity index is 1.46. The number of H-pyrrole nitrogens is 2. The minimum atomic E-state index is -0.110. The number of hydrogen-bond donors (Lipinski definition) is 4. The van der Waals surface area contributed by atoms with Gasteiger partial charge in [0.05, 0.1) is 23.5 Å². The summed E-state index contributed by atoms with van der Waals surface area (Å²) >= 11 is 0. The number of aromatic amines is 2. The van der Waals surface area contributed by atoms with Crippen molar-refractivity contribution < 1.29 is 9.59 Å². The first-order valence-electron chi connectivity index (χ1n) is 11.5. The van der Waals surface area contributed by atoms with E-state index in [1.165, 1.54) is 0 Å². The SMILES string of the molecule is CCN(C(C)=O)c1ccc2c(C(=O)NC3CC3)c(NCc3cccc(-c4cc[nH]n4)n3)[nH]c2c1. The molecule has 9 nitrogen and oxygen atoms in total. The molecule has 5 rings (SSSR count). The number of nitrogens with zero attached hydrogens (tertiary/aromatic N) is 3. The molecular formula is C25H27N7O2.